The van der Waals surface area contributed by atoms with Gasteiger partial charge in [0.1, 0.15) is 0 Å². The first-order chi connectivity index (χ1) is 2.89. The van der Waals surface area contributed by atoms with Gasteiger partial charge in [-0.1, -0.05) is 0 Å². The third-order valence-corrected chi connectivity index (χ3v) is 4.93. The second-order valence-electron chi connectivity index (χ2n) is 1.57. The molecule has 0 spiro atoms. The minimum atomic E-state index is -0.477. The van der Waals surface area contributed by atoms with E-state index in [2.05, 4.69) is 3.76 Å². The van der Waals surface area contributed by atoms with Gasteiger partial charge < -0.3 is 0 Å². The van der Waals surface area contributed by atoms with Crippen molar-refractivity contribution in [2.75, 3.05) is 0 Å². The zero-order valence-electron chi connectivity index (χ0n) is 3.59. The Hall–Kier alpha value is 0.700. The predicted molar refractivity (Wildman–Crippen MR) is 27.1 cm³/mol. The topological polar surface area (TPSA) is 20.2 Å². The minimum absolute atomic E-state index is 0.181. The van der Waals surface area contributed by atoms with E-state index >= 15 is 0 Å². The Morgan fingerprint density at radius 3 is 2.83 bits per heavy atom. The fourth-order valence-corrected chi connectivity index (χ4v) is 3.71. The van der Waals surface area contributed by atoms with E-state index in [1.54, 1.807) is 0 Å². The van der Waals surface area contributed by atoms with E-state index in [1.165, 1.54) is 6.42 Å². The number of aliphatic hydroxyl groups is 1. The SMILES string of the molecule is O[CH]1CC[CH]=[In]1. The third kappa shape index (κ3) is 1.09. The fraction of sp³-hybridized carbons (Fsp3) is 0.750. The van der Waals surface area contributed by atoms with Gasteiger partial charge >= 0.3 is 48.0 Å². The molecule has 1 heterocycles. The van der Waals surface area contributed by atoms with Gasteiger partial charge in [0.2, 0.25) is 0 Å². The Balaban J connectivity index is 2.38. The maximum absolute atomic E-state index is 8.78. The molecule has 6 heavy (non-hydrogen) atoms. The first-order valence-electron chi connectivity index (χ1n) is 2.24. The summed E-state index contributed by atoms with van der Waals surface area (Å²) < 4.78 is 2.50. The first-order valence-corrected chi connectivity index (χ1v) is 6.05. The van der Waals surface area contributed by atoms with Gasteiger partial charge in [-0.25, -0.2) is 0 Å². The molecule has 0 saturated heterocycles. The van der Waals surface area contributed by atoms with Crippen LogP contribution in [0.1, 0.15) is 12.8 Å². The summed E-state index contributed by atoms with van der Waals surface area (Å²) in [6, 6.07) is 0. The van der Waals surface area contributed by atoms with Crippen LogP contribution in [0.3, 0.4) is 0 Å². The third-order valence-electron chi connectivity index (χ3n) is 0.987. The van der Waals surface area contributed by atoms with Crippen molar-refractivity contribution in [3.8, 4) is 0 Å². The Morgan fingerprint density at radius 1 is 1.83 bits per heavy atom. The van der Waals surface area contributed by atoms with E-state index in [4.69, 9.17) is 5.11 Å². The van der Waals surface area contributed by atoms with Crippen molar-refractivity contribution in [2.24, 2.45) is 0 Å². The van der Waals surface area contributed by atoms with Crippen LogP contribution in [0, 0.1) is 0 Å². The Labute approximate surface area is 48.2 Å². The van der Waals surface area contributed by atoms with Crippen molar-refractivity contribution in [3.63, 3.8) is 0 Å². The van der Waals surface area contributed by atoms with Crippen LogP contribution in [-0.2, 0) is 0 Å². The summed E-state index contributed by atoms with van der Waals surface area (Å²) >= 11 is -0.477. The molecule has 0 aromatic rings. The van der Waals surface area contributed by atoms with E-state index in [1.807, 2.05) is 0 Å². The van der Waals surface area contributed by atoms with Crippen LogP contribution in [0.15, 0.2) is 0 Å². The summed E-state index contributed by atoms with van der Waals surface area (Å²) in [6.07, 6.45) is 2.27. The van der Waals surface area contributed by atoms with Crippen LogP contribution in [0.25, 0.3) is 0 Å². The number of hydrogen-bond donors (Lipinski definition) is 1. The van der Waals surface area contributed by atoms with Crippen molar-refractivity contribution < 1.29 is 5.11 Å². The molecule has 1 N–H and O–H groups in total. The van der Waals surface area contributed by atoms with Gasteiger partial charge in [0.25, 0.3) is 0 Å². The van der Waals surface area contributed by atoms with Gasteiger partial charge in [-0.05, 0) is 0 Å². The van der Waals surface area contributed by atoms with Crippen molar-refractivity contribution >= 4 is 26.2 Å². The molecule has 0 aliphatic carbocycles. The van der Waals surface area contributed by atoms with E-state index < -0.39 is 22.4 Å². The molecule has 0 aromatic heterocycles. The Morgan fingerprint density at radius 2 is 2.67 bits per heavy atom. The summed E-state index contributed by atoms with van der Waals surface area (Å²) in [5, 5.41) is 8.78. The molecule has 1 atom stereocenters. The summed E-state index contributed by atoms with van der Waals surface area (Å²) in [5.74, 6) is 0. The monoisotopic (exact) mass is 186 g/mol. The number of rotatable bonds is 0. The predicted octanol–water partition coefficient (Wildman–Crippen LogP) is -0.395. The zero-order valence-corrected chi connectivity index (χ0v) is 6.89. The first kappa shape index (κ1) is 4.85. The molecule has 1 aliphatic heterocycles. The average molecular weight is 186 g/mol. The van der Waals surface area contributed by atoms with E-state index in [-0.39, 0.29) is 3.86 Å². The summed E-state index contributed by atoms with van der Waals surface area (Å²) in [7, 11) is 0. The molecule has 32 valence electrons. The Bertz CT molecular complexity index is 69.9. The quantitative estimate of drug-likeness (QED) is 0.545. The molecule has 0 bridgehead atoms. The van der Waals surface area contributed by atoms with E-state index in [9.17, 15) is 0 Å². The van der Waals surface area contributed by atoms with Crippen LogP contribution in [0.5, 0.6) is 0 Å². The van der Waals surface area contributed by atoms with Crippen LogP contribution >= 0.6 is 0 Å². The van der Waals surface area contributed by atoms with Crippen molar-refractivity contribution in [1.82, 2.24) is 0 Å². The molecule has 0 fully saturated rings. The molecule has 1 unspecified atom stereocenters. The molecule has 1 nitrogen and oxygen atoms in total. The number of aliphatic hydroxyl groups excluding tert-OH is 1. The summed E-state index contributed by atoms with van der Waals surface area (Å²) in [6.45, 7) is 0. The molecule has 0 amide bonds. The van der Waals surface area contributed by atoms with Crippen molar-refractivity contribution in [2.45, 2.75) is 16.7 Å². The van der Waals surface area contributed by atoms with Gasteiger partial charge in [0.05, 0.1) is 0 Å². The number of hydrogen-bond acceptors (Lipinski definition) is 1. The van der Waals surface area contributed by atoms with Crippen molar-refractivity contribution in [3.05, 3.63) is 0 Å². The summed E-state index contributed by atoms with van der Waals surface area (Å²) in [4.78, 5) is 0. The molecule has 1 rings (SSSR count). The molecular weight excluding hydrogens is 179 g/mol. The summed E-state index contributed by atoms with van der Waals surface area (Å²) in [5.41, 5.74) is 0. The van der Waals surface area contributed by atoms with Crippen molar-refractivity contribution in [1.29, 1.82) is 0 Å². The standard InChI is InChI=1S/C4H7O.In/c1-2-3-4-5;/h1,4-5H,2-3H2;. The van der Waals surface area contributed by atoms with Gasteiger partial charge in [-0.2, -0.15) is 0 Å². The van der Waals surface area contributed by atoms with E-state index in [0.717, 1.165) is 6.42 Å². The van der Waals surface area contributed by atoms with Crippen LogP contribution in [-0.4, -0.2) is 35.1 Å². The molecule has 0 saturated carbocycles. The zero-order chi connectivity index (χ0) is 4.41. The van der Waals surface area contributed by atoms with E-state index in [0.29, 0.717) is 0 Å². The van der Waals surface area contributed by atoms with Crippen LogP contribution < -0.4 is 0 Å². The molecule has 0 radical (unpaired) electrons. The molecule has 2 heteroatoms. The van der Waals surface area contributed by atoms with Crippen LogP contribution in [0.2, 0.25) is 0 Å². The molecular formula is C4H7InO. The maximum atomic E-state index is 8.78. The average Bonchev–Trinajstić information content (AvgIpc) is 1.86. The molecule has 1 aliphatic rings. The van der Waals surface area contributed by atoms with Crippen LogP contribution in [0.4, 0.5) is 0 Å². The van der Waals surface area contributed by atoms with Gasteiger partial charge in [-0.15, -0.1) is 0 Å². The normalized spacial score (nSPS) is 30.5. The second-order valence-corrected chi connectivity index (χ2v) is 6.21. The fourth-order valence-electron chi connectivity index (χ4n) is 0.617. The van der Waals surface area contributed by atoms with Gasteiger partial charge in [0.15, 0.2) is 0 Å². The Kier molecular flexibility index (Phi) is 1.72. The van der Waals surface area contributed by atoms with Gasteiger partial charge in [0, 0.05) is 0 Å². The van der Waals surface area contributed by atoms with Gasteiger partial charge in [-0.3, -0.25) is 0 Å². The second kappa shape index (κ2) is 2.12. The molecule has 0 aromatic carbocycles.